The molecule has 1 aliphatic carbocycles. The Labute approximate surface area is 177 Å². The molecule has 1 aromatic carbocycles. The van der Waals surface area contributed by atoms with E-state index in [4.69, 9.17) is 4.74 Å². The summed E-state index contributed by atoms with van der Waals surface area (Å²) in [5.41, 5.74) is 0.380. The molecule has 1 aromatic rings. The highest BCUT2D eigenvalue weighted by molar-refractivity contribution is 5.94. The number of benzene rings is 1. The number of halogens is 1. The highest BCUT2D eigenvalue weighted by atomic mass is 19.1. The molecule has 1 N–H and O–H groups in total. The first-order valence-corrected chi connectivity index (χ1v) is 11.3. The number of piperazine rings is 1. The Kier molecular flexibility index (Phi) is 7.00. The molecule has 0 aromatic heterocycles. The standard InChI is InChI=1S/C23H32FN3O3/c24-19-8-3-7-18(15-19)23(29)27-12-10-26(11-13-27)21(17-5-1-2-6-17)22(28)25-16-20-9-4-14-30-20/h3,7-8,15,17,20-21H,1-2,4-6,9-14,16H2,(H,25,28)/t20-,21-/m1/s1. The van der Waals surface area contributed by atoms with Crippen molar-refractivity contribution in [1.29, 1.82) is 0 Å². The topological polar surface area (TPSA) is 61.9 Å². The highest BCUT2D eigenvalue weighted by Crippen LogP contribution is 2.31. The van der Waals surface area contributed by atoms with Gasteiger partial charge in [0.15, 0.2) is 0 Å². The van der Waals surface area contributed by atoms with Gasteiger partial charge in [-0.3, -0.25) is 14.5 Å². The van der Waals surface area contributed by atoms with Gasteiger partial charge in [-0.25, -0.2) is 4.39 Å². The number of hydrogen-bond donors (Lipinski definition) is 1. The van der Waals surface area contributed by atoms with Gasteiger partial charge in [0, 0.05) is 44.9 Å². The maximum atomic E-state index is 13.5. The van der Waals surface area contributed by atoms with Crippen LogP contribution in [0.3, 0.4) is 0 Å². The van der Waals surface area contributed by atoms with Crippen LogP contribution in [0.15, 0.2) is 24.3 Å². The van der Waals surface area contributed by atoms with Crippen molar-refractivity contribution in [2.45, 2.75) is 50.7 Å². The summed E-state index contributed by atoms with van der Waals surface area (Å²) in [6.07, 6.45) is 6.74. The van der Waals surface area contributed by atoms with Crippen LogP contribution in [0.25, 0.3) is 0 Å². The minimum absolute atomic E-state index is 0.0994. The van der Waals surface area contributed by atoms with Crippen LogP contribution in [0.4, 0.5) is 4.39 Å². The Balaban J connectivity index is 1.36. The number of amides is 2. The molecular weight excluding hydrogens is 385 g/mol. The van der Waals surface area contributed by atoms with Crippen LogP contribution in [0.2, 0.25) is 0 Å². The maximum Gasteiger partial charge on any atom is 0.254 e. The molecule has 3 aliphatic rings. The fraction of sp³-hybridized carbons (Fsp3) is 0.652. The van der Waals surface area contributed by atoms with E-state index in [0.29, 0.717) is 44.2 Å². The van der Waals surface area contributed by atoms with Gasteiger partial charge in [-0.05, 0) is 49.8 Å². The number of nitrogens with one attached hydrogen (secondary N) is 1. The van der Waals surface area contributed by atoms with E-state index >= 15 is 0 Å². The minimum Gasteiger partial charge on any atom is -0.376 e. The smallest absolute Gasteiger partial charge is 0.254 e. The second-order valence-corrected chi connectivity index (χ2v) is 8.71. The van der Waals surface area contributed by atoms with E-state index in [1.54, 1.807) is 17.0 Å². The number of rotatable bonds is 6. The summed E-state index contributed by atoms with van der Waals surface area (Å²) in [4.78, 5) is 29.9. The van der Waals surface area contributed by atoms with E-state index in [9.17, 15) is 14.0 Å². The number of hydrogen-bond acceptors (Lipinski definition) is 4. The summed E-state index contributed by atoms with van der Waals surface area (Å²) < 4.78 is 19.1. The first kappa shape index (κ1) is 21.2. The minimum atomic E-state index is -0.399. The lowest BCUT2D eigenvalue weighted by Crippen LogP contribution is -2.58. The Morgan fingerprint density at radius 3 is 2.53 bits per heavy atom. The Hall–Kier alpha value is -1.99. The molecule has 0 bridgehead atoms. The Morgan fingerprint density at radius 2 is 1.87 bits per heavy atom. The van der Waals surface area contributed by atoms with Gasteiger partial charge in [-0.2, -0.15) is 0 Å². The second-order valence-electron chi connectivity index (χ2n) is 8.71. The first-order chi connectivity index (χ1) is 14.6. The highest BCUT2D eigenvalue weighted by Gasteiger charge is 2.37. The molecule has 0 unspecified atom stereocenters. The van der Waals surface area contributed by atoms with Gasteiger partial charge in [-0.1, -0.05) is 18.9 Å². The van der Waals surface area contributed by atoms with Crippen molar-refractivity contribution in [2.24, 2.45) is 5.92 Å². The van der Waals surface area contributed by atoms with Gasteiger partial charge in [0.05, 0.1) is 12.1 Å². The molecule has 2 amide bonds. The lowest BCUT2D eigenvalue weighted by Gasteiger charge is -2.41. The predicted molar refractivity (Wildman–Crippen MR) is 112 cm³/mol. The van der Waals surface area contributed by atoms with E-state index in [-0.39, 0.29) is 24.0 Å². The Bertz CT molecular complexity index is 739. The molecule has 2 atom stereocenters. The van der Waals surface area contributed by atoms with Crippen LogP contribution >= 0.6 is 0 Å². The van der Waals surface area contributed by atoms with Gasteiger partial charge < -0.3 is 15.0 Å². The van der Waals surface area contributed by atoms with Crippen LogP contribution in [-0.4, -0.2) is 73.1 Å². The van der Waals surface area contributed by atoms with Crippen molar-refractivity contribution in [1.82, 2.24) is 15.1 Å². The first-order valence-electron chi connectivity index (χ1n) is 11.3. The van der Waals surface area contributed by atoms with Crippen molar-refractivity contribution in [3.63, 3.8) is 0 Å². The lowest BCUT2D eigenvalue weighted by atomic mass is 9.94. The molecule has 6 nitrogen and oxygen atoms in total. The fourth-order valence-electron chi connectivity index (χ4n) is 5.08. The van der Waals surface area contributed by atoms with Gasteiger partial charge in [-0.15, -0.1) is 0 Å². The molecular formula is C23H32FN3O3. The fourth-order valence-corrected chi connectivity index (χ4v) is 5.08. The van der Waals surface area contributed by atoms with Gasteiger partial charge in [0.1, 0.15) is 5.82 Å². The van der Waals surface area contributed by atoms with Crippen LogP contribution in [0, 0.1) is 11.7 Å². The third kappa shape index (κ3) is 5.01. The summed E-state index contributed by atoms with van der Waals surface area (Å²) in [7, 11) is 0. The van der Waals surface area contributed by atoms with Crippen molar-refractivity contribution >= 4 is 11.8 Å². The zero-order chi connectivity index (χ0) is 20.9. The number of ether oxygens (including phenoxy) is 1. The molecule has 2 heterocycles. The number of carbonyl (C=O) groups excluding carboxylic acids is 2. The SMILES string of the molecule is O=C(NC[C@H]1CCCO1)[C@@H](C1CCCC1)N1CCN(C(=O)c2cccc(F)c2)CC1. The lowest BCUT2D eigenvalue weighted by molar-refractivity contribution is -0.129. The van der Waals surface area contributed by atoms with Gasteiger partial charge >= 0.3 is 0 Å². The molecule has 1 saturated carbocycles. The predicted octanol–water partition coefficient (Wildman–Crippen LogP) is 2.44. The van der Waals surface area contributed by atoms with Crippen LogP contribution in [0.5, 0.6) is 0 Å². The van der Waals surface area contributed by atoms with E-state index < -0.39 is 5.82 Å². The molecule has 2 saturated heterocycles. The average Bonchev–Trinajstić information content (AvgIpc) is 3.47. The molecule has 4 rings (SSSR count). The largest absolute Gasteiger partial charge is 0.376 e. The summed E-state index contributed by atoms with van der Waals surface area (Å²) >= 11 is 0. The molecule has 7 heteroatoms. The monoisotopic (exact) mass is 417 g/mol. The summed E-state index contributed by atoms with van der Waals surface area (Å²) in [6.45, 7) is 3.80. The maximum absolute atomic E-state index is 13.5. The molecule has 30 heavy (non-hydrogen) atoms. The van der Waals surface area contributed by atoms with E-state index in [2.05, 4.69) is 10.2 Å². The zero-order valence-electron chi connectivity index (χ0n) is 17.5. The average molecular weight is 418 g/mol. The zero-order valence-corrected chi connectivity index (χ0v) is 17.5. The van der Waals surface area contributed by atoms with E-state index in [1.807, 2.05) is 0 Å². The van der Waals surface area contributed by atoms with Crippen LogP contribution in [0.1, 0.15) is 48.9 Å². The molecule has 0 spiro atoms. The molecule has 2 aliphatic heterocycles. The van der Waals surface area contributed by atoms with E-state index in [1.165, 1.54) is 25.0 Å². The molecule has 0 radical (unpaired) electrons. The van der Waals surface area contributed by atoms with Crippen molar-refractivity contribution in [2.75, 3.05) is 39.3 Å². The Morgan fingerprint density at radius 1 is 1.10 bits per heavy atom. The van der Waals surface area contributed by atoms with Crippen LogP contribution in [-0.2, 0) is 9.53 Å². The third-order valence-electron chi connectivity index (χ3n) is 6.71. The third-order valence-corrected chi connectivity index (χ3v) is 6.71. The number of nitrogens with zero attached hydrogens (tertiary/aromatic N) is 2. The summed E-state index contributed by atoms with van der Waals surface area (Å²) in [6, 6.07) is 5.70. The second kappa shape index (κ2) is 9.88. The van der Waals surface area contributed by atoms with Gasteiger partial charge in [0.2, 0.25) is 5.91 Å². The van der Waals surface area contributed by atoms with E-state index in [0.717, 1.165) is 32.3 Å². The normalized spacial score (nSPS) is 24.2. The van der Waals surface area contributed by atoms with Crippen molar-refractivity contribution in [3.8, 4) is 0 Å². The summed E-state index contributed by atoms with van der Waals surface area (Å²) in [5.74, 6) is -0.0691. The molecule has 164 valence electrons. The van der Waals surface area contributed by atoms with Gasteiger partial charge in [0.25, 0.3) is 5.91 Å². The van der Waals surface area contributed by atoms with Crippen molar-refractivity contribution in [3.05, 3.63) is 35.6 Å². The van der Waals surface area contributed by atoms with Crippen LogP contribution < -0.4 is 5.32 Å². The summed E-state index contributed by atoms with van der Waals surface area (Å²) in [5, 5.41) is 3.14. The number of carbonyl (C=O) groups is 2. The quantitative estimate of drug-likeness (QED) is 0.772. The molecule has 3 fully saturated rings. The van der Waals surface area contributed by atoms with Crippen molar-refractivity contribution < 1.29 is 18.7 Å².